The van der Waals surface area contributed by atoms with Crippen LogP contribution in [-0.4, -0.2) is 40.3 Å². The number of carbonyl (C=O) groups excluding carboxylic acids is 1. The molecule has 0 saturated carbocycles. The highest BCUT2D eigenvalue weighted by atomic mass is 32.1. The molecule has 0 aromatic carbocycles. The lowest BCUT2D eigenvalue weighted by Gasteiger charge is -2.15. The van der Waals surface area contributed by atoms with Crippen LogP contribution in [0.25, 0.3) is 11.1 Å². The molecule has 2 aromatic rings. The monoisotopic (exact) mass is 291 g/mol. The van der Waals surface area contributed by atoms with Crippen LogP contribution in [0.1, 0.15) is 6.92 Å². The number of nitrogens with two attached hydrogens (primary N) is 1. The van der Waals surface area contributed by atoms with E-state index in [-0.39, 0.29) is 12.5 Å². The summed E-state index contributed by atoms with van der Waals surface area (Å²) in [5.74, 6) is 0.471. The van der Waals surface area contributed by atoms with Gasteiger partial charge in [0.1, 0.15) is 10.8 Å². The van der Waals surface area contributed by atoms with E-state index in [1.54, 1.807) is 24.3 Å². The first-order valence-corrected chi connectivity index (χ1v) is 7.04. The van der Waals surface area contributed by atoms with Crippen LogP contribution in [0.2, 0.25) is 0 Å². The van der Waals surface area contributed by atoms with Gasteiger partial charge in [-0.15, -0.1) is 0 Å². The molecular formula is C13H17N5OS. The molecule has 0 bridgehead atoms. The fraction of sp³-hybridized carbons (Fsp3) is 0.308. The summed E-state index contributed by atoms with van der Waals surface area (Å²) in [5, 5.41) is 3.89. The van der Waals surface area contributed by atoms with E-state index in [4.69, 9.17) is 5.73 Å². The van der Waals surface area contributed by atoms with Gasteiger partial charge in [-0.05, 0) is 24.5 Å². The molecule has 7 heteroatoms. The minimum absolute atomic E-state index is 0.0246. The highest BCUT2D eigenvalue weighted by Crippen LogP contribution is 2.36. The van der Waals surface area contributed by atoms with Crippen LogP contribution in [0.5, 0.6) is 0 Å². The zero-order valence-corrected chi connectivity index (χ0v) is 12.3. The smallest absolute Gasteiger partial charge is 0.241 e. The number of likely N-dealkylation sites (N-methyl/N-ethyl adjacent to an activating group) is 1. The van der Waals surface area contributed by atoms with E-state index < -0.39 is 0 Å². The van der Waals surface area contributed by atoms with Crippen molar-refractivity contribution in [1.82, 2.24) is 14.3 Å². The molecule has 6 nitrogen and oxygen atoms in total. The maximum absolute atomic E-state index is 11.8. The Morgan fingerprint density at radius 1 is 1.55 bits per heavy atom. The van der Waals surface area contributed by atoms with E-state index in [0.29, 0.717) is 12.4 Å². The van der Waals surface area contributed by atoms with Crippen LogP contribution >= 0.6 is 11.5 Å². The van der Waals surface area contributed by atoms with Crippen LogP contribution in [-0.2, 0) is 4.79 Å². The third kappa shape index (κ3) is 3.05. The predicted octanol–water partition coefficient (Wildman–Crippen LogP) is 1.68. The second-order valence-electron chi connectivity index (χ2n) is 4.28. The minimum atomic E-state index is 0.0246. The maximum Gasteiger partial charge on any atom is 0.241 e. The minimum Gasteiger partial charge on any atom is -0.382 e. The number of aromatic nitrogens is 2. The predicted molar refractivity (Wildman–Crippen MR) is 81.6 cm³/mol. The molecule has 0 unspecified atom stereocenters. The summed E-state index contributed by atoms with van der Waals surface area (Å²) in [6.45, 7) is 2.84. The highest BCUT2D eigenvalue weighted by Gasteiger charge is 2.15. The van der Waals surface area contributed by atoms with E-state index in [2.05, 4.69) is 14.7 Å². The summed E-state index contributed by atoms with van der Waals surface area (Å²) in [7, 11) is 1.77. The lowest BCUT2D eigenvalue weighted by atomic mass is 10.1. The van der Waals surface area contributed by atoms with Crippen molar-refractivity contribution in [2.75, 3.05) is 31.2 Å². The number of nitrogens with one attached hydrogen (secondary N) is 1. The fourth-order valence-electron chi connectivity index (χ4n) is 1.68. The van der Waals surface area contributed by atoms with E-state index in [0.717, 1.165) is 16.1 Å². The SMILES string of the molecule is CCN(C)C(=O)CNc1snc(N)c1-c1cccnc1. The van der Waals surface area contributed by atoms with Crippen molar-refractivity contribution in [2.45, 2.75) is 6.92 Å². The third-order valence-electron chi connectivity index (χ3n) is 2.97. The number of carbonyl (C=O) groups is 1. The molecule has 106 valence electrons. The molecule has 0 atom stereocenters. The molecule has 0 aliphatic heterocycles. The molecule has 3 N–H and O–H groups in total. The van der Waals surface area contributed by atoms with E-state index in [9.17, 15) is 4.79 Å². The summed E-state index contributed by atoms with van der Waals surface area (Å²) in [4.78, 5) is 17.5. The molecule has 0 aliphatic rings. The van der Waals surface area contributed by atoms with Gasteiger partial charge >= 0.3 is 0 Å². The van der Waals surface area contributed by atoms with Gasteiger partial charge in [0, 0.05) is 31.5 Å². The number of hydrogen-bond donors (Lipinski definition) is 2. The first kappa shape index (κ1) is 14.3. The summed E-state index contributed by atoms with van der Waals surface area (Å²) in [5.41, 5.74) is 7.59. The van der Waals surface area contributed by atoms with E-state index in [1.807, 2.05) is 19.1 Å². The van der Waals surface area contributed by atoms with Crippen LogP contribution in [0.4, 0.5) is 10.8 Å². The first-order valence-electron chi connectivity index (χ1n) is 6.26. The Balaban J connectivity index is 2.16. The van der Waals surface area contributed by atoms with Gasteiger partial charge in [-0.25, -0.2) is 0 Å². The van der Waals surface area contributed by atoms with Crippen LogP contribution < -0.4 is 11.1 Å². The third-order valence-corrected chi connectivity index (χ3v) is 3.79. The maximum atomic E-state index is 11.8. The van der Waals surface area contributed by atoms with Crippen molar-refractivity contribution in [1.29, 1.82) is 0 Å². The van der Waals surface area contributed by atoms with Gasteiger partial charge in [0.25, 0.3) is 0 Å². The Morgan fingerprint density at radius 3 is 3.00 bits per heavy atom. The average Bonchev–Trinajstić information content (AvgIpc) is 2.85. The molecule has 2 rings (SSSR count). The van der Waals surface area contributed by atoms with Gasteiger partial charge in [-0.2, -0.15) is 4.37 Å². The van der Waals surface area contributed by atoms with Crippen LogP contribution in [0.15, 0.2) is 24.5 Å². The summed E-state index contributed by atoms with van der Waals surface area (Å²) in [6.07, 6.45) is 3.43. The number of amides is 1. The van der Waals surface area contributed by atoms with Gasteiger partial charge in [0.15, 0.2) is 0 Å². The number of anilines is 2. The van der Waals surface area contributed by atoms with Gasteiger partial charge in [0.2, 0.25) is 5.91 Å². The summed E-state index contributed by atoms with van der Waals surface area (Å²) >= 11 is 1.25. The molecule has 0 spiro atoms. The fourth-order valence-corrected chi connectivity index (χ4v) is 2.41. The molecular weight excluding hydrogens is 274 g/mol. The number of pyridine rings is 1. The molecule has 2 aromatic heterocycles. The Hall–Kier alpha value is -2.15. The molecule has 0 saturated heterocycles. The molecule has 0 fully saturated rings. The Labute approximate surface area is 121 Å². The normalized spacial score (nSPS) is 10.3. The highest BCUT2D eigenvalue weighted by molar-refractivity contribution is 7.11. The largest absolute Gasteiger partial charge is 0.382 e. The standard InChI is InChI=1S/C13H17N5OS/c1-3-18(2)10(19)8-16-13-11(12(14)17-20-13)9-5-4-6-15-7-9/h4-7,16H,3,8H2,1-2H3,(H2,14,17). The number of hydrogen-bond acceptors (Lipinski definition) is 6. The number of rotatable bonds is 5. The number of nitrogen functional groups attached to an aromatic ring is 1. The second-order valence-corrected chi connectivity index (χ2v) is 5.05. The second kappa shape index (κ2) is 6.33. The molecule has 2 heterocycles. The van der Waals surface area contributed by atoms with Crippen molar-refractivity contribution in [3.8, 4) is 11.1 Å². The Bertz CT molecular complexity index is 584. The molecule has 1 amide bonds. The Kier molecular flexibility index (Phi) is 4.52. The first-order chi connectivity index (χ1) is 9.63. The van der Waals surface area contributed by atoms with Gasteiger partial charge in [0.05, 0.1) is 12.1 Å². The topological polar surface area (TPSA) is 84.1 Å². The quantitative estimate of drug-likeness (QED) is 0.875. The Morgan fingerprint density at radius 2 is 2.35 bits per heavy atom. The van der Waals surface area contributed by atoms with Gasteiger partial charge in [-0.1, -0.05) is 6.07 Å². The summed E-state index contributed by atoms with van der Waals surface area (Å²) < 4.78 is 4.14. The van der Waals surface area contributed by atoms with E-state index in [1.165, 1.54) is 11.5 Å². The van der Waals surface area contributed by atoms with Crippen molar-refractivity contribution in [3.63, 3.8) is 0 Å². The van der Waals surface area contributed by atoms with Gasteiger partial charge < -0.3 is 16.0 Å². The number of nitrogens with zero attached hydrogens (tertiary/aromatic N) is 3. The van der Waals surface area contributed by atoms with Crippen molar-refractivity contribution < 1.29 is 4.79 Å². The lowest BCUT2D eigenvalue weighted by molar-refractivity contribution is -0.127. The van der Waals surface area contributed by atoms with Gasteiger partial charge in [-0.3, -0.25) is 9.78 Å². The summed E-state index contributed by atoms with van der Waals surface area (Å²) in [6, 6.07) is 3.75. The van der Waals surface area contributed by atoms with Crippen LogP contribution in [0, 0.1) is 0 Å². The lowest BCUT2D eigenvalue weighted by Crippen LogP contribution is -2.31. The van der Waals surface area contributed by atoms with Crippen molar-refractivity contribution >= 4 is 28.3 Å². The molecule has 20 heavy (non-hydrogen) atoms. The van der Waals surface area contributed by atoms with Crippen molar-refractivity contribution in [2.24, 2.45) is 0 Å². The average molecular weight is 291 g/mol. The van der Waals surface area contributed by atoms with E-state index >= 15 is 0 Å². The molecule has 0 radical (unpaired) electrons. The molecule has 0 aliphatic carbocycles. The van der Waals surface area contributed by atoms with Crippen LogP contribution in [0.3, 0.4) is 0 Å². The zero-order valence-electron chi connectivity index (χ0n) is 11.5. The van der Waals surface area contributed by atoms with Crippen molar-refractivity contribution in [3.05, 3.63) is 24.5 Å². The zero-order chi connectivity index (χ0) is 14.5.